The van der Waals surface area contributed by atoms with Crippen molar-refractivity contribution in [3.63, 3.8) is 0 Å². The molecule has 0 radical (unpaired) electrons. The molecule has 0 saturated carbocycles. The highest BCUT2D eigenvalue weighted by molar-refractivity contribution is 9.10. The molecule has 0 spiro atoms. The number of rotatable bonds is 5. The van der Waals surface area contributed by atoms with Crippen LogP contribution in [0.3, 0.4) is 0 Å². The number of ether oxygens (including phenoxy) is 1. The molecule has 0 bridgehead atoms. The van der Waals surface area contributed by atoms with Crippen molar-refractivity contribution in [1.29, 1.82) is 0 Å². The van der Waals surface area contributed by atoms with E-state index in [1.165, 1.54) is 11.1 Å². The van der Waals surface area contributed by atoms with E-state index in [9.17, 15) is 4.79 Å². The van der Waals surface area contributed by atoms with Crippen molar-refractivity contribution in [2.75, 3.05) is 18.9 Å². The highest BCUT2D eigenvalue weighted by Crippen LogP contribution is 2.28. The molecule has 3 nitrogen and oxygen atoms in total. The Balaban J connectivity index is 1.79. The first kappa shape index (κ1) is 15.9. The van der Waals surface area contributed by atoms with E-state index in [4.69, 9.17) is 4.74 Å². The number of amides is 1. The molecule has 1 fully saturated rings. The molecule has 1 atom stereocenters. The van der Waals surface area contributed by atoms with Gasteiger partial charge in [0.1, 0.15) is 0 Å². The van der Waals surface area contributed by atoms with Gasteiger partial charge in [-0.2, -0.15) is 0 Å². The molecule has 0 aromatic heterocycles. The van der Waals surface area contributed by atoms with Crippen LogP contribution in [0.4, 0.5) is 0 Å². The van der Waals surface area contributed by atoms with Crippen LogP contribution in [0.25, 0.3) is 0 Å². The predicted molar refractivity (Wildman–Crippen MR) is 86.3 cm³/mol. The van der Waals surface area contributed by atoms with Gasteiger partial charge in [0.15, 0.2) is 0 Å². The summed E-state index contributed by atoms with van der Waals surface area (Å²) >= 11 is 5.11. The molecule has 1 aliphatic rings. The van der Waals surface area contributed by atoms with Gasteiger partial charge in [-0.3, -0.25) is 4.79 Å². The average Bonchev–Trinajstić information content (AvgIpc) is 2.92. The fourth-order valence-electron chi connectivity index (χ4n) is 2.14. The zero-order valence-electron chi connectivity index (χ0n) is 11.9. The summed E-state index contributed by atoms with van der Waals surface area (Å²) in [6, 6.07) is 4.22. The number of aryl methyl sites for hydroxylation is 2. The lowest BCUT2D eigenvalue weighted by Gasteiger charge is -2.11. The third-order valence-electron chi connectivity index (χ3n) is 3.37. The Morgan fingerprint density at radius 3 is 2.95 bits per heavy atom. The molecule has 20 heavy (non-hydrogen) atoms. The highest BCUT2D eigenvalue weighted by Gasteiger charge is 2.16. The first-order valence-electron chi connectivity index (χ1n) is 6.84. The van der Waals surface area contributed by atoms with Gasteiger partial charge in [-0.1, -0.05) is 15.9 Å². The Morgan fingerprint density at radius 1 is 1.45 bits per heavy atom. The molecule has 1 saturated heterocycles. The maximum Gasteiger partial charge on any atom is 0.230 e. The molecule has 5 heteroatoms. The average molecular weight is 358 g/mol. The van der Waals surface area contributed by atoms with Crippen molar-refractivity contribution in [3.05, 3.63) is 27.7 Å². The second-order valence-electron chi connectivity index (χ2n) is 5.09. The largest absolute Gasteiger partial charge is 0.376 e. The van der Waals surface area contributed by atoms with Crippen LogP contribution in [0, 0.1) is 13.8 Å². The summed E-state index contributed by atoms with van der Waals surface area (Å²) in [6.07, 6.45) is 2.37. The summed E-state index contributed by atoms with van der Waals surface area (Å²) in [5.74, 6) is 0.528. The van der Waals surface area contributed by atoms with Crippen LogP contribution in [-0.2, 0) is 9.53 Å². The fraction of sp³-hybridized carbons (Fsp3) is 0.533. The van der Waals surface area contributed by atoms with Crippen LogP contribution in [0.15, 0.2) is 21.5 Å². The summed E-state index contributed by atoms with van der Waals surface area (Å²) in [4.78, 5) is 13.0. The SMILES string of the molecule is Cc1cc(SCC(=O)NCC2CCCO2)c(C)cc1Br. The summed E-state index contributed by atoms with van der Waals surface area (Å²) in [6.45, 7) is 5.59. The van der Waals surface area contributed by atoms with E-state index in [0.29, 0.717) is 12.3 Å². The van der Waals surface area contributed by atoms with Gasteiger partial charge in [0.2, 0.25) is 5.91 Å². The van der Waals surface area contributed by atoms with Gasteiger partial charge in [0.05, 0.1) is 11.9 Å². The third-order valence-corrected chi connectivity index (χ3v) is 5.38. The summed E-state index contributed by atoms with van der Waals surface area (Å²) < 4.78 is 6.60. The lowest BCUT2D eigenvalue weighted by atomic mass is 10.2. The number of hydrogen-bond donors (Lipinski definition) is 1. The van der Waals surface area contributed by atoms with Crippen LogP contribution in [-0.4, -0.2) is 30.9 Å². The summed E-state index contributed by atoms with van der Waals surface area (Å²) in [7, 11) is 0. The van der Waals surface area contributed by atoms with Crippen molar-refractivity contribution in [2.24, 2.45) is 0 Å². The third kappa shape index (κ3) is 4.50. The smallest absolute Gasteiger partial charge is 0.230 e. The number of thioether (sulfide) groups is 1. The standard InChI is InChI=1S/C15H20BrNO2S/c1-10-7-14(11(2)6-13(10)16)20-9-15(18)17-8-12-4-3-5-19-12/h6-7,12H,3-5,8-9H2,1-2H3,(H,17,18). The van der Waals surface area contributed by atoms with Gasteiger partial charge >= 0.3 is 0 Å². The Bertz CT molecular complexity index is 487. The van der Waals surface area contributed by atoms with Gasteiger partial charge in [0, 0.05) is 22.5 Å². The van der Waals surface area contributed by atoms with Crippen molar-refractivity contribution >= 4 is 33.6 Å². The van der Waals surface area contributed by atoms with Crippen LogP contribution in [0.5, 0.6) is 0 Å². The lowest BCUT2D eigenvalue weighted by Crippen LogP contribution is -2.32. The summed E-state index contributed by atoms with van der Waals surface area (Å²) in [5.41, 5.74) is 2.39. The Kier molecular flexibility index (Phi) is 5.93. The van der Waals surface area contributed by atoms with Crippen LogP contribution >= 0.6 is 27.7 Å². The van der Waals surface area contributed by atoms with E-state index in [0.717, 1.165) is 28.8 Å². The molecule has 1 aromatic carbocycles. The number of carbonyl (C=O) groups excluding carboxylic acids is 1. The second-order valence-corrected chi connectivity index (χ2v) is 6.97. The number of benzene rings is 1. The highest BCUT2D eigenvalue weighted by atomic mass is 79.9. The molecular formula is C15H20BrNO2S. The van der Waals surface area contributed by atoms with Crippen molar-refractivity contribution in [1.82, 2.24) is 5.32 Å². The molecule has 1 unspecified atom stereocenters. The maximum absolute atomic E-state index is 11.8. The van der Waals surface area contributed by atoms with E-state index in [-0.39, 0.29) is 12.0 Å². The zero-order valence-corrected chi connectivity index (χ0v) is 14.3. The minimum atomic E-state index is 0.0745. The van der Waals surface area contributed by atoms with Gasteiger partial charge in [-0.05, 0) is 49.9 Å². The van der Waals surface area contributed by atoms with Crippen LogP contribution in [0.1, 0.15) is 24.0 Å². The molecule has 1 aliphatic heterocycles. The van der Waals surface area contributed by atoms with Crippen molar-refractivity contribution in [2.45, 2.75) is 37.7 Å². The molecule has 1 N–H and O–H groups in total. The fourth-order valence-corrected chi connectivity index (χ4v) is 3.53. The van der Waals surface area contributed by atoms with Gasteiger partial charge in [-0.15, -0.1) is 11.8 Å². The van der Waals surface area contributed by atoms with Crippen molar-refractivity contribution in [3.8, 4) is 0 Å². The van der Waals surface area contributed by atoms with E-state index in [2.05, 4.69) is 47.2 Å². The normalized spacial score (nSPS) is 18.2. The molecule has 1 aromatic rings. The first-order valence-corrected chi connectivity index (χ1v) is 8.62. The van der Waals surface area contributed by atoms with E-state index >= 15 is 0 Å². The van der Waals surface area contributed by atoms with E-state index in [1.807, 2.05) is 0 Å². The molecule has 0 aliphatic carbocycles. The number of halogens is 1. The van der Waals surface area contributed by atoms with Crippen molar-refractivity contribution < 1.29 is 9.53 Å². The zero-order chi connectivity index (χ0) is 14.5. The topological polar surface area (TPSA) is 38.3 Å². The number of nitrogens with one attached hydrogen (secondary N) is 1. The molecule has 110 valence electrons. The number of hydrogen-bond acceptors (Lipinski definition) is 3. The predicted octanol–water partition coefficient (Wildman–Crippen LogP) is 3.45. The van der Waals surface area contributed by atoms with Gasteiger partial charge < -0.3 is 10.1 Å². The minimum Gasteiger partial charge on any atom is -0.376 e. The first-order chi connectivity index (χ1) is 9.56. The minimum absolute atomic E-state index is 0.0745. The second kappa shape index (κ2) is 7.48. The van der Waals surface area contributed by atoms with Gasteiger partial charge in [-0.25, -0.2) is 0 Å². The Hall–Kier alpha value is -0.520. The quantitative estimate of drug-likeness (QED) is 0.820. The monoisotopic (exact) mass is 357 g/mol. The van der Waals surface area contributed by atoms with Crippen LogP contribution in [0.2, 0.25) is 0 Å². The van der Waals surface area contributed by atoms with Gasteiger partial charge in [0.25, 0.3) is 0 Å². The molecule has 1 heterocycles. The summed E-state index contributed by atoms with van der Waals surface area (Å²) in [5, 5.41) is 2.95. The maximum atomic E-state index is 11.8. The molecule has 2 rings (SSSR count). The van der Waals surface area contributed by atoms with E-state index < -0.39 is 0 Å². The number of carbonyl (C=O) groups is 1. The molecule has 1 amide bonds. The van der Waals surface area contributed by atoms with Crippen LogP contribution < -0.4 is 5.32 Å². The Labute approximate surface area is 133 Å². The molecular weight excluding hydrogens is 338 g/mol. The Morgan fingerprint density at radius 2 is 2.25 bits per heavy atom. The van der Waals surface area contributed by atoms with E-state index in [1.54, 1.807) is 11.8 Å². The lowest BCUT2D eigenvalue weighted by molar-refractivity contribution is -0.119.